The molecule has 1 aliphatic heterocycles. The van der Waals surface area contributed by atoms with E-state index < -0.39 is 0 Å². The van der Waals surface area contributed by atoms with E-state index in [9.17, 15) is 9.18 Å². The highest BCUT2D eigenvalue weighted by Gasteiger charge is 2.23. The minimum Gasteiger partial charge on any atom is -0.355 e. The molecule has 4 rings (SSSR count). The molecule has 1 aromatic heterocycles. The van der Waals surface area contributed by atoms with Crippen molar-refractivity contribution in [2.24, 2.45) is 0 Å². The number of hydrogen-bond acceptors (Lipinski definition) is 4. The van der Waals surface area contributed by atoms with Crippen LogP contribution in [0, 0.1) is 5.82 Å². The molecule has 3 aromatic rings. The molecule has 0 radical (unpaired) electrons. The number of carbonyl (C=O) groups is 1. The number of amides is 1. The van der Waals surface area contributed by atoms with Crippen LogP contribution in [0.2, 0.25) is 0 Å². The number of carbonyl (C=O) groups excluding carboxylic acids is 1. The molecule has 0 aliphatic carbocycles. The van der Waals surface area contributed by atoms with Crippen molar-refractivity contribution >= 4 is 5.91 Å². The van der Waals surface area contributed by atoms with Crippen molar-refractivity contribution in [1.29, 1.82) is 0 Å². The largest absolute Gasteiger partial charge is 0.355 e. The van der Waals surface area contributed by atoms with Gasteiger partial charge in [-0.2, -0.15) is 0 Å². The molecule has 0 unspecified atom stereocenters. The van der Waals surface area contributed by atoms with Crippen LogP contribution in [-0.2, 0) is 6.54 Å². The van der Waals surface area contributed by atoms with Gasteiger partial charge in [-0.05, 0) is 24.1 Å². The predicted octanol–water partition coefficient (Wildman–Crippen LogP) is 3.83. The van der Waals surface area contributed by atoms with Crippen molar-refractivity contribution in [1.82, 2.24) is 15.0 Å². The normalized spacial score (nSPS) is 15.4. The molecule has 144 valence electrons. The molecule has 5 nitrogen and oxygen atoms in total. The molecular formula is C22H22FN3O2. The maximum absolute atomic E-state index is 13.1. The zero-order chi connectivity index (χ0) is 19.3. The van der Waals surface area contributed by atoms with Gasteiger partial charge in [-0.1, -0.05) is 47.6 Å². The average Bonchev–Trinajstić information content (AvgIpc) is 3.11. The molecule has 1 aliphatic rings. The van der Waals surface area contributed by atoms with E-state index in [1.165, 1.54) is 12.1 Å². The van der Waals surface area contributed by atoms with Gasteiger partial charge in [0, 0.05) is 44.4 Å². The van der Waals surface area contributed by atoms with Crippen molar-refractivity contribution < 1.29 is 13.7 Å². The summed E-state index contributed by atoms with van der Waals surface area (Å²) in [5.74, 6) is 0.269. The second kappa shape index (κ2) is 8.35. The molecule has 1 saturated heterocycles. The van der Waals surface area contributed by atoms with Crippen molar-refractivity contribution in [3.05, 3.63) is 77.7 Å². The van der Waals surface area contributed by atoms with E-state index in [1.54, 1.807) is 6.07 Å². The number of hydrogen-bond donors (Lipinski definition) is 0. The van der Waals surface area contributed by atoms with Gasteiger partial charge in [-0.15, -0.1) is 0 Å². The average molecular weight is 379 g/mol. The minimum absolute atomic E-state index is 0.102. The summed E-state index contributed by atoms with van der Waals surface area (Å²) in [7, 11) is 0. The van der Waals surface area contributed by atoms with Gasteiger partial charge in [0.1, 0.15) is 5.82 Å². The Hall–Kier alpha value is -2.99. The highest BCUT2D eigenvalue weighted by Crippen LogP contribution is 2.21. The quantitative estimate of drug-likeness (QED) is 0.691. The van der Waals surface area contributed by atoms with Crippen LogP contribution >= 0.6 is 0 Å². The lowest BCUT2D eigenvalue weighted by Crippen LogP contribution is -2.35. The number of halogens is 1. The Morgan fingerprint density at radius 1 is 1.00 bits per heavy atom. The first kappa shape index (κ1) is 18.4. The first-order chi connectivity index (χ1) is 13.7. The highest BCUT2D eigenvalue weighted by molar-refractivity contribution is 5.93. The van der Waals surface area contributed by atoms with Gasteiger partial charge < -0.3 is 9.42 Å². The molecule has 0 N–H and O–H groups in total. The van der Waals surface area contributed by atoms with Crippen molar-refractivity contribution in [2.75, 3.05) is 26.2 Å². The van der Waals surface area contributed by atoms with Gasteiger partial charge in [-0.25, -0.2) is 4.39 Å². The summed E-state index contributed by atoms with van der Waals surface area (Å²) in [6.45, 7) is 3.74. The fourth-order valence-electron chi connectivity index (χ4n) is 3.46. The Morgan fingerprint density at radius 3 is 2.57 bits per heavy atom. The van der Waals surface area contributed by atoms with Gasteiger partial charge in [0.05, 0.1) is 0 Å². The van der Waals surface area contributed by atoms with E-state index in [1.807, 2.05) is 47.4 Å². The second-order valence-corrected chi connectivity index (χ2v) is 6.99. The smallest absolute Gasteiger partial charge is 0.276 e. The molecule has 0 bridgehead atoms. The third kappa shape index (κ3) is 4.28. The number of aromatic nitrogens is 1. The van der Waals surface area contributed by atoms with E-state index in [-0.39, 0.29) is 11.7 Å². The van der Waals surface area contributed by atoms with Gasteiger partial charge >= 0.3 is 0 Å². The lowest BCUT2D eigenvalue weighted by Gasteiger charge is -2.21. The summed E-state index contributed by atoms with van der Waals surface area (Å²) >= 11 is 0. The minimum atomic E-state index is -0.223. The predicted molar refractivity (Wildman–Crippen MR) is 104 cm³/mol. The number of rotatable bonds is 4. The molecule has 0 spiro atoms. The van der Waals surface area contributed by atoms with Crippen LogP contribution in [-0.4, -0.2) is 47.0 Å². The second-order valence-electron chi connectivity index (χ2n) is 6.99. The summed E-state index contributed by atoms with van der Waals surface area (Å²) in [6.07, 6.45) is 0.885. The molecular weight excluding hydrogens is 357 g/mol. The van der Waals surface area contributed by atoms with E-state index in [0.29, 0.717) is 24.5 Å². The lowest BCUT2D eigenvalue weighted by molar-refractivity contribution is 0.0751. The highest BCUT2D eigenvalue weighted by atomic mass is 19.1. The van der Waals surface area contributed by atoms with E-state index in [2.05, 4.69) is 10.1 Å². The van der Waals surface area contributed by atoms with Crippen LogP contribution < -0.4 is 0 Å². The fourth-order valence-corrected chi connectivity index (χ4v) is 3.46. The van der Waals surface area contributed by atoms with Crippen LogP contribution in [0.3, 0.4) is 0 Å². The molecule has 2 aromatic carbocycles. The van der Waals surface area contributed by atoms with Crippen LogP contribution in [0.5, 0.6) is 0 Å². The van der Waals surface area contributed by atoms with Crippen LogP contribution in [0.25, 0.3) is 11.3 Å². The van der Waals surface area contributed by atoms with Crippen molar-refractivity contribution in [2.45, 2.75) is 13.0 Å². The SMILES string of the molecule is O=C(c1cc(-c2ccccc2)on1)N1CCCN(Cc2ccc(F)cc2)CC1. The molecule has 6 heteroatoms. The number of benzene rings is 2. The summed E-state index contributed by atoms with van der Waals surface area (Å²) < 4.78 is 18.4. The fraction of sp³-hybridized carbons (Fsp3) is 0.273. The summed E-state index contributed by atoms with van der Waals surface area (Å²) in [5, 5.41) is 3.98. The Labute approximate surface area is 163 Å². The maximum Gasteiger partial charge on any atom is 0.276 e. The van der Waals surface area contributed by atoms with Crippen LogP contribution in [0.1, 0.15) is 22.5 Å². The molecule has 1 fully saturated rings. The summed E-state index contributed by atoms with van der Waals surface area (Å²) in [4.78, 5) is 17.0. The monoisotopic (exact) mass is 379 g/mol. The third-order valence-corrected chi connectivity index (χ3v) is 4.98. The van der Waals surface area contributed by atoms with E-state index in [4.69, 9.17) is 4.52 Å². The molecule has 28 heavy (non-hydrogen) atoms. The first-order valence-corrected chi connectivity index (χ1v) is 9.47. The van der Waals surface area contributed by atoms with Gasteiger partial charge in [0.15, 0.2) is 11.5 Å². The Kier molecular flexibility index (Phi) is 5.48. The van der Waals surface area contributed by atoms with Crippen molar-refractivity contribution in [3.8, 4) is 11.3 Å². The van der Waals surface area contributed by atoms with Gasteiger partial charge in [-0.3, -0.25) is 9.69 Å². The van der Waals surface area contributed by atoms with Crippen LogP contribution in [0.4, 0.5) is 4.39 Å². The third-order valence-electron chi connectivity index (χ3n) is 4.98. The topological polar surface area (TPSA) is 49.6 Å². The Bertz CT molecular complexity index is 924. The Morgan fingerprint density at radius 2 is 1.79 bits per heavy atom. The molecule has 0 atom stereocenters. The molecule has 1 amide bonds. The zero-order valence-corrected chi connectivity index (χ0v) is 15.6. The lowest BCUT2D eigenvalue weighted by atomic mass is 10.1. The summed E-state index contributed by atoms with van der Waals surface area (Å²) in [6, 6.07) is 17.9. The first-order valence-electron chi connectivity index (χ1n) is 9.47. The van der Waals surface area contributed by atoms with Crippen molar-refractivity contribution in [3.63, 3.8) is 0 Å². The molecule has 2 heterocycles. The van der Waals surface area contributed by atoms with E-state index >= 15 is 0 Å². The summed E-state index contributed by atoms with van der Waals surface area (Å²) in [5.41, 5.74) is 2.31. The number of nitrogens with zero attached hydrogens (tertiary/aromatic N) is 3. The molecule has 0 saturated carbocycles. The Balaban J connectivity index is 1.38. The zero-order valence-electron chi connectivity index (χ0n) is 15.6. The van der Waals surface area contributed by atoms with Crippen LogP contribution in [0.15, 0.2) is 65.2 Å². The standard InChI is InChI=1S/C22H22FN3O2/c23-19-9-7-17(8-10-19)16-25-11-4-12-26(14-13-25)22(27)20-15-21(28-24-20)18-5-2-1-3-6-18/h1-3,5-10,15H,4,11-14,16H2. The van der Waals surface area contributed by atoms with Gasteiger partial charge in [0.2, 0.25) is 0 Å². The van der Waals surface area contributed by atoms with E-state index in [0.717, 1.165) is 37.2 Å². The maximum atomic E-state index is 13.1. The van der Waals surface area contributed by atoms with Gasteiger partial charge in [0.25, 0.3) is 5.91 Å².